The maximum atomic E-state index is 11.0. The minimum absolute atomic E-state index is 0.298. The third kappa shape index (κ3) is 4.32. The van der Waals surface area contributed by atoms with Gasteiger partial charge < -0.3 is 15.2 Å². The molecule has 0 saturated heterocycles. The number of aryl methyl sites for hydroxylation is 1. The zero-order chi connectivity index (χ0) is 12.7. The SMILES string of the molecule is COCCCCCNc1snc(C)c1C(=O)O. The molecule has 0 amide bonds. The molecule has 0 saturated carbocycles. The molecule has 1 aromatic heterocycles. The molecular weight excluding hydrogens is 240 g/mol. The molecule has 96 valence electrons. The first-order valence-electron chi connectivity index (χ1n) is 5.59. The topological polar surface area (TPSA) is 71.5 Å². The van der Waals surface area contributed by atoms with Crippen molar-refractivity contribution < 1.29 is 14.6 Å². The number of carboxylic acid groups (broad SMARTS) is 1. The number of rotatable bonds is 8. The first kappa shape index (κ1) is 13.9. The Morgan fingerprint density at radius 1 is 1.47 bits per heavy atom. The summed E-state index contributed by atoms with van der Waals surface area (Å²) in [5.74, 6) is -0.918. The van der Waals surface area contributed by atoms with Gasteiger partial charge in [0.15, 0.2) is 0 Å². The lowest BCUT2D eigenvalue weighted by atomic mass is 10.2. The van der Waals surface area contributed by atoms with E-state index in [1.807, 2.05) is 0 Å². The third-order valence-corrected chi connectivity index (χ3v) is 3.28. The lowest BCUT2D eigenvalue weighted by Crippen LogP contribution is -2.06. The van der Waals surface area contributed by atoms with Crippen LogP contribution < -0.4 is 5.32 Å². The largest absolute Gasteiger partial charge is 0.478 e. The molecule has 0 atom stereocenters. The van der Waals surface area contributed by atoms with Gasteiger partial charge in [-0.15, -0.1) is 0 Å². The zero-order valence-electron chi connectivity index (χ0n) is 10.2. The fraction of sp³-hybridized carbons (Fsp3) is 0.636. The van der Waals surface area contributed by atoms with Crippen molar-refractivity contribution in [1.82, 2.24) is 4.37 Å². The number of carbonyl (C=O) groups is 1. The van der Waals surface area contributed by atoms with Gasteiger partial charge in [-0.3, -0.25) is 0 Å². The number of aromatic nitrogens is 1. The summed E-state index contributed by atoms with van der Waals surface area (Å²) < 4.78 is 9.00. The summed E-state index contributed by atoms with van der Waals surface area (Å²) in [6.45, 7) is 3.26. The molecular formula is C11H18N2O3S. The molecule has 6 heteroatoms. The molecule has 0 aliphatic rings. The van der Waals surface area contributed by atoms with E-state index in [4.69, 9.17) is 9.84 Å². The van der Waals surface area contributed by atoms with E-state index in [1.165, 1.54) is 11.5 Å². The van der Waals surface area contributed by atoms with Crippen molar-refractivity contribution in [3.05, 3.63) is 11.3 Å². The molecule has 1 rings (SSSR count). The second-order valence-corrected chi connectivity index (χ2v) is 4.53. The van der Waals surface area contributed by atoms with Crippen LogP contribution in [0.3, 0.4) is 0 Å². The second kappa shape index (κ2) is 7.24. The maximum Gasteiger partial charge on any atom is 0.340 e. The number of ether oxygens (including phenoxy) is 1. The first-order valence-corrected chi connectivity index (χ1v) is 6.36. The Balaban J connectivity index is 2.34. The van der Waals surface area contributed by atoms with Crippen LogP contribution in [0.15, 0.2) is 0 Å². The first-order chi connectivity index (χ1) is 8.16. The molecule has 17 heavy (non-hydrogen) atoms. The van der Waals surface area contributed by atoms with E-state index in [9.17, 15) is 4.79 Å². The number of hydrogen-bond donors (Lipinski definition) is 2. The van der Waals surface area contributed by atoms with Crippen molar-refractivity contribution in [2.75, 3.05) is 25.6 Å². The van der Waals surface area contributed by atoms with Crippen LogP contribution in [0.5, 0.6) is 0 Å². The van der Waals surface area contributed by atoms with E-state index in [0.717, 1.165) is 32.4 Å². The Bertz CT molecular complexity index is 366. The van der Waals surface area contributed by atoms with Crippen LogP contribution in [0.2, 0.25) is 0 Å². The summed E-state index contributed by atoms with van der Waals surface area (Å²) in [6.07, 6.45) is 3.10. The van der Waals surface area contributed by atoms with Crippen molar-refractivity contribution in [2.45, 2.75) is 26.2 Å². The average Bonchev–Trinajstić information content (AvgIpc) is 2.65. The minimum Gasteiger partial charge on any atom is -0.478 e. The molecule has 1 aromatic rings. The third-order valence-electron chi connectivity index (χ3n) is 2.39. The normalized spacial score (nSPS) is 10.5. The molecule has 0 fully saturated rings. The maximum absolute atomic E-state index is 11.0. The van der Waals surface area contributed by atoms with Gasteiger partial charge in [0.25, 0.3) is 0 Å². The van der Waals surface area contributed by atoms with E-state index < -0.39 is 5.97 Å². The van der Waals surface area contributed by atoms with Gasteiger partial charge in [0, 0.05) is 20.3 Å². The number of anilines is 1. The standard InChI is InChI=1S/C11H18N2O3S/c1-8-9(11(14)15)10(17-13-8)12-6-4-3-5-7-16-2/h12H,3-7H2,1-2H3,(H,14,15). The molecule has 0 aliphatic carbocycles. The summed E-state index contributed by atoms with van der Waals surface area (Å²) in [6, 6.07) is 0. The average molecular weight is 258 g/mol. The van der Waals surface area contributed by atoms with E-state index in [1.54, 1.807) is 14.0 Å². The number of carboxylic acids is 1. The molecule has 0 radical (unpaired) electrons. The van der Waals surface area contributed by atoms with Gasteiger partial charge in [-0.05, 0) is 37.7 Å². The lowest BCUT2D eigenvalue weighted by Gasteiger charge is -2.04. The molecule has 5 nitrogen and oxygen atoms in total. The van der Waals surface area contributed by atoms with Crippen molar-refractivity contribution in [3.63, 3.8) is 0 Å². The van der Waals surface area contributed by atoms with Gasteiger partial charge in [-0.25, -0.2) is 4.79 Å². The van der Waals surface area contributed by atoms with Gasteiger partial charge in [0.1, 0.15) is 10.6 Å². The van der Waals surface area contributed by atoms with Crippen LogP contribution in [0.4, 0.5) is 5.00 Å². The van der Waals surface area contributed by atoms with Gasteiger partial charge in [-0.2, -0.15) is 4.37 Å². The Morgan fingerprint density at radius 2 is 2.24 bits per heavy atom. The molecule has 0 spiro atoms. The fourth-order valence-corrected chi connectivity index (χ4v) is 2.30. The van der Waals surface area contributed by atoms with Crippen LogP contribution in [0, 0.1) is 6.92 Å². The van der Waals surface area contributed by atoms with Crippen LogP contribution in [0.1, 0.15) is 35.3 Å². The van der Waals surface area contributed by atoms with E-state index in [0.29, 0.717) is 16.3 Å². The van der Waals surface area contributed by atoms with Gasteiger partial charge >= 0.3 is 5.97 Å². The predicted octanol–water partition coefficient (Wildman–Crippen LogP) is 2.38. The molecule has 1 heterocycles. The number of nitrogens with one attached hydrogen (secondary N) is 1. The van der Waals surface area contributed by atoms with E-state index in [2.05, 4.69) is 9.69 Å². The molecule has 0 aromatic carbocycles. The highest BCUT2D eigenvalue weighted by molar-refractivity contribution is 7.10. The Kier molecular flexibility index (Phi) is 5.93. The Hall–Kier alpha value is -1.14. The fourth-order valence-electron chi connectivity index (χ4n) is 1.49. The van der Waals surface area contributed by atoms with Gasteiger partial charge in [0.2, 0.25) is 0 Å². The molecule has 0 bridgehead atoms. The number of hydrogen-bond acceptors (Lipinski definition) is 5. The Morgan fingerprint density at radius 3 is 2.88 bits per heavy atom. The smallest absolute Gasteiger partial charge is 0.340 e. The zero-order valence-corrected chi connectivity index (χ0v) is 11.0. The van der Waals surface area contributed by atoms with Gasteiger partial charge in [0.05, 0.1) is 5.69 Å². The van der Waals surface area contributed by atoms with Crippen molar-refractivity contribution >= 4 is 22.5 Å². The monoisotopic (exact) mass is 258 g/mol. The lowest BCUT2D eigenvalue weighted by molar-refractivity contribution is 0.0697. The molecule has 0 unspecified atom stereocenters. The number of aromatic carboxylic acids is 1. The minimum atomic E-state index is -0.918. The molecule has 2 N–H and O–H groups in total. The summed E-state index contributed by atoms with van der Waals surface area (Å²) in [4.78, 5) is 11.0. The van der Waals surface area contributed by atoms with E-state index >= 15 is 0 Å². The summed E-state index contributed by atoms with van der Waals surface area (Å²) in [7, 11) is 1.69. The van der Waals surface area contributed by atoms with Gasteiger partial charge in [-0.1, -0.05) is 0 Å². The quantitative estimate of drug-likeness (QED) is 0.700. The predicted molar refractivity (Wildman–Crippen MR) is 68.0 cm³/mol. The van der Waals surface area contributed by atoms with Crippen LogP contribution >= 0.6 is 11.5 Å². The number of methoxy groups -OCH3 is 1. The Labute approximate surface area is 105 Å². The summed E-state index contributed by atoms with van der Waals surface area (Å²) in [5.41, 5.74) is 0.872. The van der Waals surface area contributed by atoms with Crippen LogP contribution in [-0.4, -0.2) is 35.7 Å². The highest BCUT2D eigenvalue weighted by Gasteiger charge is 2.16. The second-order valence-electron chi connectivity index (χ2n) is 3.76. The number of unbranched alkanes of at least 4 members (excludes halogenated alkanes) is 2. The summed E-state index contributed by atoms with van der Waals surface area (Å²) >= 11 is 1.21. The highest BCUT2D eigenvalue weighted by Crippen LogP contribution is 2.24. The summed E-state index contributed by atoms with van der Waals surface area (Å²) in [5, 5.41) is 12.8. The van der Waals surface area contributed by atoms with Crippen LogP contribution in [0.25, 0.3) is 0 Å². The van der Waals surface area contributed by atoms with Crippen molar-refractivity contribution in [3.8, 4) is 0 Å². The van der Waals surface area contributed by atoms with Crippen molar-refractivity contribution in [1.29, 1.82) is 0 Å². The molecule has 0 aliphatic heterocycles. The number of nitrogens with zero attached hydrogens (tertiary/aromatic N) is 1. The van der Waals surface area contributed by atoms with Crippen LogP contribution in [-0.2, 0) is 4.74 Å². The van der Waals surface area contributed by atoms with E-state index in [-0.39, 0.29) is 0 Å². The highest BCUT2D eigenvalue weighted by atomic mass is 32.1. The van der Waals surface area contributed by atoms with Crippen molar-refractivity contribution in [2.24, 2.45) is 0 Å².